The maximum atomic E-state index is 5.66. The standard InChI is InChI=1S/C14H31NO/c1-5-6-7-8-9-10-11-12-14(3,4)16-13(2)15/h13H,5-12,15H2,1-4H3. The Morgan fingerprint density at radius 3 is 2.00 bits per heavy atom. The normalized spacial score (nSPS) is 14.1. The molecule has 0 aromatic carbocycles. The van der Waals surface area contributed by atoms with Crippen molar-refractivity contribution in [2.45, 2.75) is 90.9 Å². The van der Waals surface area contributed by atoms with Gasteiger partial charge in [0.05, 0.1) is 5.60 Å². The highest BCUT2D eigenvalue weighted by Crippen LogP contribution is 2.20. The first-order chi connectivity index (χ1) is 7.48. The van der Waals surface area contributed by atoms with Gasteiger partial charge in [-0.3, -0.25) is 0 Å². The highest BCUT2D eigenvalue weighted by atomic mass is 16.5. The zero-order valence-electron chi connectivity index (χ0n) is 11.7. The summed E-state index contributed by atoms with van der Waals surface area (Å²) in [6.45, 7) is 8.42. The SMILES string of the molecule is CCCCCCCCCC(C)(C)OC(C)N. The van der Waals surface area contributed by atoms with Gasteiger partial charge in [-0.15, -0.1) is 0 Å². The van der Waals surface area contributed by atoms with Crippen molar-refractivity contribution in [2.75, 3.05) is 0 Å². The zero-order valence-corrected chi connectivity index (χ0v) is 11.7. The van der Waals surface area contributed by atoms with E-state index in [1.165, 1.54) is 44.9 Å². The number of rotatable bonds is 10. The van der Waals surface area contributed by atoms with E-state index in [0.29, 0.717) is 0 Å². The van der Waals surface area contributed by atoms with Crippen molar-refractivity contribution in [3.05, 3.63) is 0 Å². The smallest absolute Gasteiger partial charge is 0.103 e. The van der Waals surface area contributed by atoms with Crippen LogP contribution in [0.15, 0.2) is 0 Å². The summed E-state index contributed by atoms with van der Waals surface area (Å²) in [5.41, 5.74) is 5.58. The van der Waals surface area contributed by atoms with E-state index in [-0.39, 0.29) is 11.8 Å². The average molecular weight is 229 g/mol. The number of unbranched alkanes of at least 4 members (excludes halogenated alkanes) is 6. The van der Waals surface area contributed by atoms with Crippen molar-refractivity contribution in [3.8, 4) is 0 Å². The zero-order chi connectivity index (χ0) is 12.4. The number of nitrogens with two attached hydrogens (primary N) is 1. The Bertz CT molecular complexity index is 155. The fourth-order valence-corrected chi connectivity index (χ4v) is 2.07. The topological polar surface area (TPSA) is 35.2 Å². The summed E-state index contributed by atoms with van der Waals surface area (Å²) in [5.74, 6) is 0. The van der Waals surface area contributed by atoms with Gasteiger partial charge >= 0.3 is 0 Å². The van der Waals surface area contributed by atoms with Gasteiger partial charge in [-0.05, 0) is 27.2 Å². The van der Waals surface area contributed by atoms with Crippen LogP contribution >= 0.6 is 0 Å². The van der Waals surface area contributed by atoms with Gasteiger partial charge in [0.2, 0.25) is 0 Å². The van der Waals surface area contributed by atoms with Crippen LogP contribution in [0.2, 0.25) is 0 Å². The lowest BCUT2D eigenvalue weighted by atomic mass is 9.99. The predicted octanol–water partition coefficient (Wildman–Crippen LogP) is 4.23. The molecule has 2 heteroatoms. The molecule has 0 heterocycles. The second kappa shape index (κ2) is 9.00. The molecule has 0 spiro atoms. The molecule has 0 aliphatic heterocycles. The van der Waals surface area contributed by atoms with Gasteiger partial charge in [-0.1, -0.05) is 51.9 Å². The molecule has 0 aromatic rings. The van der Waals surface area contributed by atoms with Crippen molar-refractivity contribution < 1.29 is 4.74 Å². The van der Waals surface area contributed by atoms with E-state index in [2.05, 4.69) is 20.8 Å². The third-order valence-corrected chi connectivity index (χ3v) is 2.89. The van der Waals surface area contributed by atoms with Crippen molar-refractivity contribution >= 4 is 0 Å². The van der Waals surface area contributed by atoms with E-state index in [0.717, 1.165) is 6.42 Å². The molecule has 0 amide bonds. The summed E-state index contributed by atoms with van der Waals surface area (Å²) < 4.78 is 5.66. The second-order valence-corrected chi connectivity index (χ2v) is 5.45. The summed E-state index contributed by atoms with van der Waals surface area (Å²) >= 11 is 0. The molecular formula is C14H31NO. The summed E-state index contributed by atoms with van der Waals surface area (Å²) in [6, 6.07) is 0. The lowest BCUT2D eigenvalue weighted by Crippen LogP contribution is -2.33. The second-order valence-electron chi connectivity index (χ2n) is 5.45. The van der Waals surface area contributed by atoms with Crippen LogP contribution in [0.25, 0.3) is 0 Å². The Morgan fingerprint density at radius 1 is 1.00 bits per heavy atom. The van der Waals surface area contributed by atoms with E-state index >= 15 is 0 Å². The number of ether oxygens (including phenoxy) is 1. The lowest BCUT2D eigenvalue weighted by molar-refractivity contribution is -0.0665. The monoisotopic (exact) mass is 229 g/mol. The molecule has 2 N–H and O–H groups in total. The highest BCUT2D eigenvalue weighted by molar-refractivity contribution is 4.69. The number of hydrogen-bond donors (Lipinski definition) is 1. The summed E-state index contributed by atoms with van der Waals surface area (Å²) in [5, 5.41) is 0. The van der Waals surface area contributed by atoms with E-state index in [4.69, 9.17) is 10.5 Å². The van der Waals surface area contributed by atoms with Crippen LogP contribution < -0.4 is 5.73 Å². The maximum absolute atomic E-state index is 5.66. The molecule has 98 valence electrons. The van der Waals surface area contributed by atoms with Crippen molar-refractivity contribution in [2.24, 2.45) is 5.73 Å². The van der Waals surface area contributed by atoms with Crippen LogP contribution in [-0.2, 0) is 4.74 Å². The van der Waals surface area contributed by atoms with Gasteiger partial charge in [0.15, 0.2) is 0 Å². The molecule has 0 bridgehead atoms. The highest BCUT2D eigenvalue weighted by Gasteiger charge is 2.19. The Kier molecular flexibility index (Phi) is 8.96. The van der Waals surface area contributed by atoms with Crippen LogP contribution in [0.5, 0.6) is 0 Å². The third kappa shape index (κ3) is 10.4. The molecule has 1 atom stereocenters. The first kappa shape index (κ1) is 15.9. The van der Waals surface area contributed by atoms with Crippen LogP contribution in [-0.4, -0.2) is 11.8 Å². The molecule has 0 aromatic heterocycles. The van der Waals surface area contributed by atoms with Gasteiger partial charge < -0.3 is 10.5 Å². The summed E-state index contributed by atoms with van der Waals surface area (Å²) in [4.78, 5) is 0. The van der Waals surface area contributed by atoms with E-state index in [9.17, 15) is 0 Å². The van der Waals surface area contributed by atoms with Crippen LogP contribution in [0.3, 0.4) is 0 Å². The molecule has 0 fully saturated rings. The third-order valence-electron chi connectivity index (χ3n) is 2.89. The van der Waals surface area contributed by atoms with Crippen molar-refractivity contribution in [3.63, 3.8) is 0 Å². The molecule has 16 heavy (non-hydrogen) atoms. The quantitative estimate of drug-likeness (QED) is 0.449. The van der Waals surface area contributed by atoms with Crippen LogP contribution in [0.1, 0.15) is 79.1 Å². The molecule has 0 aliphatic rings. The molecule has 0 aliphatic carbocycles. The Labute approximate surface area is 102 Å². The molecule has 0 rings (SSSR count). The van der Waals surface area contributed by atoms with Gasteiger partial charge in [-0.25, -0.2) is 0 Å². The molecular weight excluding hydrogens is 198 g/mol. The molecule has 1 unspecified atom stereocenters. The molecule has 0 radical (unpaired) electrons. The molecule has 0 saturated carbocycles. The maximum Gasteiger partial charge on any atom is 0.103 e. The van der Waals surface area contributed by atoms with E-state index in [1.807, 2.05) is 6.92 Å². The van der Waals surface area contributed by atoms with Crippen molar-refractivity contribution in [1.29, 1.82) is 0 Å². The van der Waals surface area contributed by atoms with Crippen LogP contribution in [0, 0.1) is 0 Å². The first-order valence-electron chi connectivity index (χ1n) is 6.91. The van der Waals surface area contributed by atoms with Gasteiger partial charge in [0, 0.05) is 0 Å². The number of hydrogen-bond acceptors (Lipinski definition) is 2. The summed E-state index contributed by atoms with van der Waals surface area (Å²) in [7, 11) is 0. The van der Waals surface area contributed by atoms with Gasteiger partial charge in [0.1, 0.15) is 6.23 Å². The van der Waals surface area contributed by atoms with E-state index in [1.54, 1.807) is 0 Å². The predicted molar refractivity (Wildman–Crippen MR) is 71.4 cm³/mol. The minimum absolute atomic E-state index is 0.0580. The lowest BCUT2D eigenvalue weighted by Gasteiger charge is -2.27. The van der Waals surface area contributed by atoms with E-state index < -0.39 is 0 Å². The fraction of sp³-hybridized carbons (Fsp3) is 1.00. The van der Waals surface area contributed by atoms with Crippen LogP contribution in [0.4, 0.5) is 0 Å². The minimum Gasteiger partial charge on any atom is -0.358 e. The average Bonchev–Trinajstić information content (AvgIpc) is 2.14. The summed E-state index contributed by atoms with van der Waals surface area (Å²) in [6.07, 6.45) is 10.4. The first-order valence-corrected chi connectivity index (χ1v) is 6.91. The molecule has 0 saturated heterocycles. The molecule has 2 nitrogen and oxygen atoms in total. The Morgan fingerprint density at radius 2 is 1.50 bits per heavy atom. The van der Waals surface area contributed by atoms with Crippen molar-refractivity contribution in [1.82, 2.24) is 0 Å². The Balaban J connectivity index is 3.36. The van der Waals surface area contributed by atoms with Gasteiger partial charge in [-0.2, -0.15) is 0 Å². The minimum atomic E-state index is -0.153. The largest absolute Gasteiger partial charge is 0.358 e. The van der Waals surface area contributed by atoms with Gasteiger partial charge in [0.25, 0.3) is 0 Å². The Hall–Kier alpha value is -0.0800. The fourth-order valence-electron chi connectivity index (χ4n) is 2.07.